The lowest BCUT2D eigenvalue weighted by molar-refractivity contribution is 0.329. The van der Waals surface area contributed by atoms with E-state index in [2.05, 4.69) is 23.6 Å². The van der Waals surface area contributed by atoms with Gasteiger partial charge in [0.05, 0.1) is 6.33 Å². The number of anilines is 1. The maximum atomic E-state index is 12.4. The molecule has 0 radical (unpaired) electrons. The molecule has 1 aromatic rings. The van der Waals surface area contributed by atoms with Gasteiger partial charge in [-0.3, -0.25) is 0 Å². The van der Waals surface area contributed by atoms with E-state index in [9.17, 15) is 8.42 Å². The Balaban J connectivity index is 2.97. The fraction of sp³-hybridized carbons (Fsp3) is 0.750. The van der Waals surface area contributed by atoms with Crippen LogP contribution in [0.4, 0.5) is 5.82 Å². The summed E-state index contributed by atoms with van der Waals surface area (Å²) in [4.78, 5) is 5.78. The molecule has 0 spiro atoms. The van der Waals surface area contributed by atoms with E-state index < -0.39 is 10.0 Å². The number of imidazole rings is 1. The number of likely N-dealkylation sites (N-methyl/N-ethyl adjacent to an activating group) is 1. The molecule has 8 heteroatoms. The SMILES string of the molecule is CC(C)CC(CN(C)C)NS(=O)(=O)c1c(N)ncn1C. The standard InChI is InChI=1S/C12H25N5O2S/c1-9(2)6-10(7-16(3)4)15-20(18,19)12-11(13)14-8-17(12)5/h8-10,15H,6-7,13H2,1-5H3. The summed E-state index contributed by atoms with van der Waals surface area (Å²) in [6.07, 6.45) is 2.16. The Labute approximate surface area is 121 Å². The molecule has 1 heterocycles. The first-order valence-corrected chi connectivity index (χ1v) is 8.05. The van der Waals surface area contributed by atoms with Crippen molar-refractivity contribution in [1.29, 1.82) is 0 Å². The van der Waals surface area contributed by atoms with Crippen LogP contribution >= 0.6 is 0 Å². The molecule has 0 bridgehead atoms. The number of nitrogens with two attached hydrogens (primary N) is 1. The molecule has 0 aromatic carbocycles. The summed E-state index contributed by atoms with van der Waals surface area (Å²) in [6.45, 7) is 4.76. The van der Waals surface area contributed by atoms with E-state index in [1.165, 1.54) is 10.9 Å². The minimum Gasteiger partial charge on any atom is -0.381 e. The highest BCUT2D eigenvalue weighted by molar-refractivity contribution is 7.89. The predicted molar refractivity (Wildman–Crippen MR) is 79.7 cm³/mol. The molecule has 0 amide bonds. The Bertz CT molecular complexity index is 507. The molecule has 0 aliphatic carbocycles. The molecular formula is C12H25N5O2S. The van der Waals surface area contributed by atoms with Gasteiger partial charge in [0.1, 0.15) is 0 Å². The lowest BCUT2D eigenvalue weighted by Crippen LogP contribution is -2.43. The lowest BCUT2D eigenvalue weighted by Gasteiger charge is -2.23. The summed E-state index contributed by atoms with van der Waals surface area (Å²) >= 11 is 0. The summed E-state index contributed by atoms with van der Waals surface area (Å²) in [5.74, 6) is 0.416. The molecule has 7 nitrogen and oxygen atoms in total. The van der Waals surface area contributed by atoms with Crippen molar-refractivity contribution >= 4 is 15.8 Å². The zero-order valence-corrected chi connectivity index (χ0v) is 13.6. The van der Waals surface area contributed by atoms with Crippen molar-refractivity contribution in [2.45, 2.75) is 31.3 Å². The van der Waals surface area contributed by atoms with Crippen LogP contribution in [0.3, 0.4) is 0 Å². The molecule has 0 saturated carbocycles. The lowest BCUT2D eigenvalue weighted by atomic mass is 10.0. The van der Waals surface area contributed by atoms with Crippen molar-refractivity contribution in [2.75, 3.05) is 26.4 Å². The molecule has 1 atom stereocenters. The largest absolute Gasteiger partial charge is 0.381 e. The van der Waals surface area contributed by atoms with E-state index in [-0.39, 0.29) is 16.9 Å². The van der Waals surface area contributed by atoms with Gasteiger partial charge in [0.25, 0.3) is 10.0 Å². The van der Waals surface area contributed by atoms with Crippen molar-refractivity contribution in [2.24, 2.45) is 13.0 Å². The fourth-order valence-corrected chi connectivity index (χ4v) is 3.68. The highest BCUT2D eigenvalue weighted by Gasteiger charge is 2.26. The van der Waals surface area contributed by atoms with Crippen LogP contribution in [0.5, 0.6) is 0 Å². The maximum absolute atomic E-state index is 12.4. The van der Waals surface area contributed by atoms with Crippen LogP contribution < -0.4 is 10.5 Å². The van der Waals surface area contributed by atoms with Crippen molar-refractivity contribution in [3.63, 3.8) is 0 Å². The van der Waals surface area contributed by atoms with E-state index in [0.29, 0.717) is 12.5 Å². The Hall–Kier alpha value is -1.12. The van der Waals surface area contributed by atoms with Crippen molar-refractivity contribution in [3.8, 4) is 0 Å². The summed E-state index contributed by atoms with van der Waals surface area (Å²) in [5.41, 5.74) is 5.64. The van der Waals surface area contributed by atoms with Gasteiger partial charge < -0.3 is 15.2 Å². The van der Waals surface area contributed by atoms with Gasteiger partial charge in [-0.15, -0.1) is 0 Å². The first-order chi connectivity index (χ1) is 9.13. The summed E-state index contributed by atoms with van der Waals surface area (Å²) in [7, 11) is 1.78. The van der Waals surface area contributed by atoms with E-state index in [1.807, 2.05) is 19.0 Å². The van der Waals surface area contributed by atoms with Crippen LogP contribution in [-0.4, -0.2) is 49.6 Å². The van der Waals surface area contributed by atoms with Crippen molar-refractivity contribution in [3.05, 3.63) is 6.33 Å². The first kappa shape index (κ1) is 16.9. The van der Waals surface area contributed by atoms with Crippen LogP contribution in [0.2, 0.25) is 0 Å². The zero-order valence-electron chi connectivity index (χ0n) is 12.8. The third kappa shape index (κ3) is 4.46. The molecule has 0 saturated heterocycles. The number of rotatable bonds is 7. The average molecular weight is 303 g/mol. The van der Waals surface area contributed by atoms with Gasteiger partial charge in [-0.1, -0.05) is 13.8 Å². The van der Waals surface area contributed by atoms with Gasteiger partial charge in [-0.2, -0.15) is 0 Å². The molecule has 0 aliphatic heterocycles. The van der Waals surface area contributed by atoms with Gasteiger partial charge in [0, 0.05) is 19.6 Å². The van der Waals surface area contributed by atoms with Crippen LogP contribution in [0.15, 0.2) is 11.4 Å². The number of nitrogens with zero attached hydrogens (tertiary/aromatic N) is 3. The van der Waals surface area contributed by atoms with Gasteiger partial charge in [0.15, 0.2) is 10.8 Å². The number of aromatic nitrogens is 2. The molecule has 0 fully saturated rings. The third-order valence-corrected chi connectivity index (χ3v) is 4.48. The number of hydrogen-bond acceptors (Lipinski definition) is 5. The Morgan fingerprint density at radius 3 is 2.45 bits per heavy atom. The average Bonchev–Trinajstić information content (AvgIpc) is 2.55. The molecular weight excluding hydrogens is 278 g/mol. The molecule has 1 unspecified atom stereocenters. The Morgan fingerprint density at radius 1 is 1.45 bits per heavy atom. The topological polar surface area (TPSA) is 93.2 Å². The monoisotopic (exact) mass is 303 g/mol. The van der Waals surface area contributed by atoms with Crippen molar-refractivity contribution < 1.29 is 8.42 Å². The number of hydrogen-bond donors (Lipinski definition) is 2. The van der Waals surface area contributed by atoms with Crippen LogP contribution in [0.25, 0.3) is 0 Å². The molecule has 3 N–H and O–H groups in total. The summed E-state index contributed by atoms with van der Waals surface area (Å²) in [6, 6.07) is -0.163. The normalized spacial score (nSPS) is 14.2. The van der Waals surface area contributed by atoms with Gasteiger partial charge in [-0.05, 0) is 26.4 Å². The van der Waals surface area contributed by atoms with Crippen molar-refractivity contribution in [1.82, 2.24) is 19.2 Å². The minimum absolute atomic E-state index is 0.0185. The number of sulfonamides is 1. The minimum atomic E-state index is -3.67. The maximum Gasteiger partial charge on any atom is 0.260 e. The van der Waals surface area contributed by atoms with E-state index in [0.717, 1.165) is 6.42 Å². The molecule has 1 aromatic heterocycles. The number of nitrogen functional groups attached to an aromatic ring is 1. The first-order valence-electron chi connectivity index (χ1n) is 6.57. The van der Waals surface area contributed by atoms with Gasteiger partial charge in [-0.25, -0.2) is 18.1 Å². The quantitative estimate of drug-likeness (QED) is 0.753. The molecule has 1 rings (SSSR count). The summed E-state index contributed by atoms with van der Waals surface area (Å²) in [5, 5.41) is 0.0185. The van der Waals surface area contributed by atoms with Crippen LogP contribution in [-0.2, 0) is 17.1 Å². The van der Waals surface area contributed by atoms with Gasteiger partial charge >= 0.3 is 0 Å². The second-order valence-corrected chi connectivity index (χ2v) is 7.39. The highest BCUT2D eigenvalue weighted by Crippen LogP contribution is 2.17. The fourth-order valence-electron chi connectivity index (χ4n) is 2.21. The third-order valence-electron chi connectivity index (χ3n) is 2.83. The van der Waals surface area contributed by atoms with E-state index >= 15 is 0 Å². The number of aryl methyl sites for hydroxylation is 1. The van der Waals surface area contributed by atoms with Gasteiger partial charge in [0.2, 0.25) is 0 Å². The number of nitrogens with one attached hydrogen (secondary N) is 1. The zero-order chi connectivity index (χ0) is 15.5. The predicted octanol–water partition coefficient (Wildman–Crippen LogP) is 0.257. The molecule has 20 heavy (non-hydrogen) atoms. The van der Waals surface area contributed by atoms with E-state index in [4.69, 9.17) is 5.73 Å². The van der Waals surface area contributed by atoms with E-state index in [1.54, 1.807) is 7.05 Å². The Morgan fingerprint density at radius 2 is 2.05 bits per heavy atom. The van der Waals surface area contributed by atoms with Crippen LogP contribution in [0, 0.1) is 5.92 Å². The Kier molecular flexibility index (Phi) is 5.55. The smallest absolute Gasteiger partial charge is 0.260 e. The highest BCUT2D eigenvalue weighted by atomic mass is 32.2. The second kappa shape index (κ2) is 6.55. The van der Waals surface area contributed by atoms with Crippen LogP contribution in [0.1, 0.15) is 20.3 Å². The summed E-state index contributed by atoms with van der Waals surface area (Å²) < 4.78 is 29.0. The molecule has 116 valence electrons. The second-order valence-electron chi connectivity index (χ2n) is 5.76. The molecule has 0 aliphatic rings.